The number of anilines is 1. The van der Waals surface area contributed by atoms with E-state index in [1.807, 2.05) is 43.1 Å². The summed E-state index contributed by atoms with van der Waals surface area (Å²) >= 11 is 0. The van der Waals surface area contributed by atoms with Crippen LogP contribution in [0.3, 0.4) is 0 Å². The van der Waals surface area contributed by atoms with E-state index in [2.05, 4.69) is 20.0 Å². The molecule has 1 aliphatic heterocycles. The minimum Gasteiger partial charge on any atom is -0.347 e. The highest BCUT2D eigenvalue weighted by Gasteiger charge is 2.20. The van der Waals surface area contributed by atoms with Crippen LogP contribution in [0.25, 0.3) is 0 Å². The van der Waals surface area contributed by atoms with Gasteiger partial charge in [0.1, 0.15) is 0 Å². The summed E-state index contributed by atoms with van der Waals surface area (Å²) in [5.41, 5.74) is 10.5. The highest BCUT2D eigenvalue weighted by Crippen LogP contribution is 2.21. The molecule has 0 spiro atoms. The van der Waals surface area contributed by atoms with Crippen LogP contribution >= 0.6 is 0 Å². The fourth-order valence-corrected chi connectivity index (χ4v) is 2.81. The minimum absolute atomic E-state index is 0.531. The third-order valence-corrected chi connectivity index (χ3v) is 4.14. The maximum atomic E-state index is 5.79. The van der Waals surface area contributed by atoms with E-state index < -0.39 is 0 Å². The van der Waals surface area contributed by atoms with Gasteiger partial charge in [0.2, 0.25) is 5.95 Å². The van der Waals surface area contributed by atoms with E-state index in [-0.39, 0.29) is 0 Å². The quantitative estimate of drug-likeness (QED) is 0.875. The average Bonchev–Trinajstić information content (AvgIpc) is 2.87. The molecule has 2 aromatic heterocycles. The summed E-state index contributed by atoms with van der Waals surface area (Å²) in [6.07, 6.45) is 4.77. The van der Waals surface area contributed by atoms with Crippen LogP contribution < -0.4 is 10.6 Å². The van der Waals surface area contributed by atoms with E-state index in [1.165, 1.54) is 17.0 Å². The van der Waals surface area contributed by atoms with Crippen LogP contribution in [0.5, 0.6) is 0 Å². The van der Waals surface area contributed by atoms with Gasteiger partial charge in [0, 0.05) is 71.1 Å². The maximum Gasteiger partial charge on any atom is 0.225 e. The Morgan fingerprint density at radius 1 is 1.32 bits per heavy atom. The van der Waals surface area contributed by atoms with Gasteiger partial charge in [-0.2, -0.15) is 5.10 Å². The molecule has 0 fully saturated rings. The first kappa shape index (κ1) is 14.9. The Balaban J connectivity index is 1.76. The molecule has 3 heterocycles. The summed E-state index contributed by atoms with van der Waals surface area (Å²) in [6.45, 7) is 3.26. The number of nitrogens with zero attached hydrogens (tertiary/aromatic N) is 6. The first-order valence-electron chi connectivity index (χ1n) is 7.52. The number of nitrogens with two attached hydrogens (primary N) is 1. The van der Waals surface area contributed by atoms with Gasteiger partial charge >= 0.3 is 0 Å². The molecule has 118 valence electrons. The Hall–Kier alpha value is -1.99. The van der Waals surface area contributed by atoms with E-state index >= 15 is 0 Å². The zero-order valence-corrected chi connectivity index (χ0v) is 13.5. The Bertz CT molecular complexity index is 662. The highest BCUT2D eigenvalue weighted by molar-refractivity contribution is 5.32. The Labute approximate surface area is 130 Å². The third kappa shape index (κ3) is 2.82. The smallest absolute Gasteiger partial charge is 0.225 e. The molecule has 0 bridgehead atoms. The number of rotatable bonds is 4. The molecule has 1 aliphatic rings. The summed E-state index contributed by atoms with van der Waals surface area (Å²) in [4.78, 5) is 13.4. The van der Waals surface area contributed by atoms with Crippen LogP contribution in [-0.4, -0.2) is 45.3 Å². The van der Waals surface area contributed by atoms with Crippen LogP contribution in [0.1, 0.15) is 22.5 Å². The molecule has 7 heteroatoms. The van der Waals surface area contributed by atoms with Crippen LogP contribution in [0, 0.1) is 0 Å². The fourth-order valence-electron chi connectivity index (χ4n) is 2.81. The largest absolute Gasteiger partial charge is 0.347 e. The van der Waals surface area contributed by atoms with Crippen LogP contribution in [0.2, 0.25) is 0 Å². The van der Waals surface area contributed by atoms with E-state index in [1.54, 1.807) is 0 Å². The summed E-state index contributed by atoms with van der Waals surface area (Å²) in [5.74, 6) is 0.782. The SMILES string of the molecule is CN(C)c1ncc2c(n1)CCN(Cc1c(CN)cnn1C)C2. The molecule has 0 saturated carbocycles. The minimum atomic E-state index is 0.531. The van der Waals surface area contributed by atoms with Crippen LogP contribution in [-0.2, 0) is 33.1 Å². The number of aryl methyl sites for hydroxylation is 1. The van der Waals surface area contributed by atoms with Crippen molar-refractivity contribution in [3.8, 4) is 0 Å². The second-order valence-corrected chi connectivity index (χ2v) is 5.94. The summed E-state index contributed by atoms with van der Waals surface area (Å²) in [6, 6.07) is 0. The van der Waals surface area contributed by atoms with E-state index in [0.717, 1.165) is 37.6 Å². The zero-order valence-electron chi connectivity index (χ0n) is 13.5. The predicted octanol–water partition coefficient (Wildman–Crippen LogP) is 0.293. The normalized spacial score (nSPS) is 14.9. The first-order chi connectivity index (χ1) is 10.6. The molecule has 0 unspecified atom stereocenters. The van der Waals surface area contributed by atoms with Crippen molar-refractivity contribution in [3.63, 3.8) is 0 Å². The number of fused-ring (bicyclic) bond motifs is 1. The van der Waals surface area contributed by atoms with Crippen LogP contribution in [0.4, 0.5) is 5.95 Å². The van der Waals surface area contributed by atoms with Gasteiger partial charge in [-0.25, -0.2) is 9.97 Å². The van der Waals surface area contributed by atoms with Crippen molar-refractivity contribution in [2.24, 2.45) is 12.8 Å². The Morgan fingerprint density at radius 2 is 2.14 bits per heavy atom. The van der Waals surface area contributed by atoms with Crippen molar-refractivity contribution in [2.75, 3.05) is 25.5 Å². The molecular formula is C15H23N7. The molecule has 0 saturated heterocycles. The van der Waals surface area contributed by atoms with Gasteiger partial charge in [-0.1, -0.05) is 0 Å². The van der Waals surface area contributed by atoms with Gasteiger partial charge < -0.3 is 10.6 Å². The lowest BCUT2D eigenvalue weighted by molar-refractivity contribution is 0.236. The van der Waals surface area contributed by atoms with Crippen molar-refractivity contribution in [1.29, 1.82) is 0 Å². The molecular weight excluding hydrogens is 278 g/mol. The summed E-state index contributed by atoms with van der Waals surface area (Å²) in [5, 5.41) is 4.31. The Kier molecular flexibility index (Phi) is 4.08. The monoisotopic (exact) mass is 301 g/mol. The van der Waals surface area contributed by atoms with Crippen molar-refractivity contribution in [1.82, 2.24) is 24.6 Å². The molecule has 0 atom stereocenters. The van der Waals surface area contributed by atoms with Gasteiger partial charge in [0.05, 0.1) is 17.6 Å². The highest BCUT2D eigenvalue weighted by atomic mass is 15.3. The van der Waals surface area contributed by atoms with Crippen molar-refractivity contribution >= 4 is 5.95 Å². The second kappa shape index (κ2) is 6.02. The lowest BCUT2D eigenvalue weighted by Crippen LogP contribution is -2.32. The molecule has 3 rings (SSSR count). The van der Waals surface area contributed by atoms with Crippen molar-refractivity contribution < 1.29 is 0 Å². The van der Waals surface area contributed by atoms with Gasteiger partial charge in [-0.05, 0) is 0 Å². The van der Waals surface area contributed by atoms with Crippen molar-refractivity contribution in [2.45, 2.75) is 26.1 Å². The molecule has 0 radical (unpaired) electrons. The fraction of sp³-hybridized carbons (Fsp3) is 0.533. The molecule has 0 amide bonds. The zero-order chi connectivity index (χ0) is 15.7. The van der Waals surface area contributed by atoms with Gasteiger partial charge in [-0.15, -0.1) is 0 Å². The molecule has 22 heavy (non-hydrogen) atoms. The average molecular weight is 301 g/mol. The van der Waals surface area contributed by atoms with E-state index in [4.69, 9.17) is 5.73 Å². The molecule has 2 aromatic rings. The molecule has 2 N–H and O–H groups in total. The van der Waals surface area contributed by atoms with E-state index in [0.29, 0.717) is 6.54 Å². The van der Waals surface area contributed by atoms with Crippen LogP contribution in [0.15, 0.2) is 12.4 Å². The topological polar surface area (TPSA) is 76.1 Å². The second-order valence-electron chi connectivity index (χ2n) is 5.94. The van der Waals surface area contributed by atoms with Crippen molar-refractivity contribution in [3.05, 3.63) is 34.9 Å². The number of aromatic nitrogens is 4. The predicted molar refractivity (Wildman–Crippen MR) is 85.3 cm³/mol. The lowest BCUT2D eigenvalue weighted by atomic mass is 10.1. The lowest BCUT2D eigenvalue weighted by Gasteiger charge is -2.28. The van der Waals surface area contributed by atoms with Gasteiger partial charge in [0.15, 0.2) is 0 Å². The third-order valence-electron chi connectivity index (χ3n) is 4.14. The Morgan fingerprint density at radius 3 is 2.86 bits per heavy atom. The molecule has 0 aliphatic carbocycles. The maximum absolute atomic E-state index is 5.79. The summed E-state index contributed by atoms with van der Waals surface area (Å²) in [7, 11) is 5.90. The number of hydrogen-bond donors (Lipinski definition) is 1. The first-order valence-corrected chi connectivity index (χ1v) is 7.52. The standard InChI is InChI=1S/C15H23N7/c1-20(2)15-17-7-12-9-22(5-4-13(12)19-15)10-14-11(6-16)8-18-21(14)3/h7-8H,4-6,9-10,16H2,1-3H3. The van der Waals surface area contributed by atoms with E-state index in [9.17, 15) is 0 Å². The molecule has 7 nitrogen and oxygen atoms in total. The van der Waals surface area contributed by atoms with Gasteiger partial charge in [-0.3, -0.25) is 9.58 Å². The molecule has 0 aromatic carbocycles. The van der Waals surface area contributed by atoms with Gasteiger partial charge in [0.25, 0.3) is 0 Å². The number of hydrogen-bond acceptors (Lipinski definition) is 6. The summed E-state index contributed by atoms with van der Waals surface area (Å²) < 4.78 is 1.92.